The Balaban J connectivity index is 1.69. The minimum Gasteiger partial charge on any atom is -0.316 e. The van der Waals surface area contributed by atoms with Crippen LogP contribution in [0.25, 0.3) is 0 Å². The van der Waals surface area contributed by atoms with Crippen LogP contribution in [0.4, 0.5) is 4.39 Å². The second kappa shape index (κ2) is 4.82. The molecule has 3 unspecified atom stereocenters. The Morgan fingerprint density at radius 2 is 2.06 bits per heavy atom. The number of rotatable bonds is 4. The van der Waals surface area contributed by atoms with Crippen LogP contribution in [0.15, 0.2) is 18.2 Å². The first-order valence-electron chi connectivity index (χ1n) is 6.78. The van der Waals surface area contributed by atoms with Gasteiger partial charge in [0.1, 0.15) is 5.82 Å². The van der Waals surface area contributed by atoms with Crippen LogP contribution >= 0.6 is 11.6 Å². The molecule has 2 saturated carbocycles. The minimum atomic E-state index is -0.175. The highest BCUT2D eigenvalue weighted by Crippen LogP contribution is 2.55. The second-order valence-corrected chi connectivity index (χ2v) is 6.26. The van der Waals surface area contributed by atoms with Crippen LogP contribution in [0.5, 0.6) is 0 Å². The maximum atomic E-state index is 13.8. The van der Waals surface area contributed by atoms with Crippen molar-refractivity contribution in [1.82, 2.24) is 5.32 Å². The molecule has 0 amide bonds. The Morgan fingerprint density at radius 1 is 1.33 bits per heavy atom. The Morgan fingerprint density at radius 3 is 2.67 bits per heavy atom. The summed E-state index contributed by atoms with van der Waals surface area (Å²) in [4.78, 5) is 0. The van der Waals surface area contributed by atoms with Crippen molar-refractivity contribution in [3.63, 3.8) is 0 Å². The van der Waals surface area contributed by atoms with Crippen LogP contribution in [-0.2, 0) is 6.42 Å². The molecule has 0 bridgehead atoms. The lowest BCUT2D eigenvalue weighted by molar-refractivity contribution is 0.346. The van der Waals surface area contributed by atoms with Crippen LogP contribution in [-0.4, -0.2) is 13.1 Å². The highest BCUT2D eigenvalue weighted by atomic mass is 35.5. The fourth-order valence-corrected chi connectivity index (χ4v) is 3.68. The summed E-state index contributed by atoms with van der Waals surface area (Å²) >= 11 is 5.78. The highest BCUT2D eigenvalue weighted by Gasteiger charge is 2.47. The van der Waals surface area contributed by atoms with Gasteiger partial charge < -0.3 is 5.32 Å². The molecule has 3 rings (SSSR count). The largest absolute Gasteiger partial charge is 0.316 e. The molecule has 1 nitrogen and oxygen atoms in total. The molecule has 0 aromatic heterocycles. The Kier molecular flexibility index (Phi) is 3.33. The molecule has 18 heavy (non-hydrogen) atoms. The molecular weight excluding hydrogens is 249 g/mol. The zero-order chi connectivity index (χ0) is 12.7. The normalized spacial score (nSPS) is 31.2. The third-order valence-corrected chi connectivity index (χ3v) is 4.91. The van der Waals surface area contributed by atoms with Gasteiger partial charge in [-0.2, -0.15) is 0 Å². The predicted octanol–water partition coefficient (Wildman–Crippen LogP) is 3.66. The number of hydrogen-bond acceptors (Lipinski definition) is 1. The number of nitrogens with one attached hydrogen (secondary N) is 1. The molecule has 1 aromatic rings. The summed E-state index contributed by atoms with van der Waals surface area (Å²) in [5, 5.41) is 3.85. The zero-order valence-electron chi connectivity index (χ0n) is 10.6. The Bertz CT molecular complexity index is 438. The smallest absolute Gasteiger partial charge is 0.127 e. The van der Waals surface area contributed by atoms with Gasteiger partial charge in [-0.3, -0.25) is 0 Å². The van der Waals surface area contributed by atoms with Crippen molar-refractivity contribution in [2.75, 3.05) is 7.05 Å². The summed E-state index contributed by atoms with van der Waals surface area (Å²) in [5.74, 6) is 2.49. The number of hydrogen-bond donors (Lipinski definition) is 1. The van der Waals surface area contributed by atoms with Gasteiger partial charge in [0.2, 0.25) is 0 Å². The van der Waals surface area contributed by atoms with Crippen LogP contribution in [0.1, 0.15) is 24.8 Å². The molecule has 1 N–H and O–H groups in total. The molecule has 3 heteroatoms. The zero-order valence-corrected chi connectivity index (χ0v) is 11.4. The van der Waals surface area contributed by atoms with E-state index >= 15 is 0 Å². The maximum absolute atomic E-state index is 13.8. The van der Waals surface area contributed by atoms with Crippen molar-refractivity contribution in [2.24, 2.45) is 17.8 Å². The summed E-state index contributed by atoms with van der Waals surface area (Å²) in [6, 6.07) is 5.40. The van der Waals surface area contributed by atoms with Gasteiger partial charge in [-0.15, -0.1) is 0 Å². The van der Waals surface area contributed by atoms with E-state index in [-0.39, 0.29) is 5.82 Å². The number of fused-ring (bicyclic) bond motifs is 1. The monoisotopic (exact) mass is 267 g/mol. The lowest BCUT2D eigenvalue weighted by Crippen LogP contribution is -2.35. The molecule has 2 aliphatic carbocycles. The molecule has 0 radical (unpaired) electrons. The molecule has 98 valence electrons. The maximum Gasteiger partial charge on any atom is 0.127 e. The molecular formula is C15H19ClFN. The van der Waals surface area contributed by atoms with Crippen LogP contribution < -0.4 is 5.32 Å². The topological polar surface area (TPSA) is 12.0 Å². The fraction of sp³-hybridized carbons (Fsp3) is 0.600. The van der Waals surface area contributed by atoms with E-state index < -0.39 is 0 Å². The Hall–Kier alpha value is -0.600. The van der Waals surface area contributed by atoms with E-state index in [0.717, 1.165) is 23.8 Å². The second-order valence-electron chi connectivity index (χ2n) is 5.82. The summed E-state index contributed by atoms with van der Waals surface area (Å²) in [6.45, 7) is 0. The minimum absolute atomic E-state index is 0.175. The first-order valence-corrected chi connectivity index (χ1v) is 7.16. The van der Waals surface area contributed by atoms with Crippen molar-refractivity contribution in [3.8, 4) is 0 Å². The van der Waals surface area contributed by atoms with Gasteiger partial charge in [0.15, 0.2) is 0 Å². The molecule has 0 saturated heterocycles. The lowest BCUT2D eigenvalue weighted by atomic mass is 9.89. The third-order valence-electron chi connectivity index (χ3n) is 4.67. The predicted molar refractivity (Wildman–Crippen MR) is 72.3 cm³/mol. The van der Waals surface area contributed by atoms with E-state index in [2.05, 4.69) is 5.32 Å². The third kappa shape index (κ3) is 2.41. The highest BCUT2D eigenvalue weighted by molar-refractivity contribution is 6.30. The van der Waals surface area contributed by atoms with Gasteiger partial charge in [0, 0.05) is 11.1 Å². The SMILES string of the molecule is CNC(Cc1ccc(Cl)cc1F)C1CC2CC2C1. The van der Waals surface area contributed by atoms with E-state index in [0.29, 0.717) is 17.0 Å². The van der Waals surface area contributed by atoms with E-state index in [1.807, 2.05) is 13.1 Å². The molecule has 0 spiro atoms. The van der Waals surface area contributed by atoms with Crippen molar-refractivity contribution in [3.05, 3.63) is 34.6 Å². The fourth-order valence-electron chi connectivity index (χ4n) is 3.52. The van der Waals surface area contributed by atoms with E-state index in [1.54, 1.807) is 6.07 Å². The summed E-state index contributed by atoms with van der Waals surface area (Å²) in [5.41, 5.74) is 0.777. The van der Waals surface area contributed by atoms with Crippen LogP contribution in [0.2, 0.25) is 5.02 Å². The van der Waals surface area contributed by atoms with Crippen molar-refractivity contribution < 1.29 is 4.39 Å². The number of benzene rings is 1. The average Bonchev–Trinajstić information content (AvgIpc) is 2.95. The van der Waals surface area contributed by atoms with Crippen molar-refractivity contribution >= 4 is 11.6 Å². The average molecular weight is 268 g/mol. The van der Waals surface area contributed by atoms with Crippen LogP contribution in [0.3, 0.4) is 0 Å². The van der Waals surface area contributed by atoms with Gasteiger partial charge >= 0.3 is 0 Å². The summed E-state index contributed by atoms with van der Waals surface area (Å²) in [6.07, 6.45) is 4.85. The quantitative estimate of drug-likeness (QED) is 0.878. The van der Waals surface area contributed by atoms with Crippen LogP contribution in [0, 0.1) is 23.6 Å². The first kappa shape index (κ1) is 12.4. The van der Waals surface area contributed by atoms with E-state index in [9.17, 15) is 4.39 Å². The van der Waals surface area contributed by atoms with Crippen molar-refractivity contribution in [2.45, 2.75) is 31.7 Å². The molecule has 0 heterocycles. The molecule has 2 aliphatic rings. The van der Waals surface area contributed by atoms with Gasteiger partial charge in [0.05, 0.1) is 0 Å². The van der Waals surface area contributed by atoms with E-state index in [4.69, 9.17) is 11.6 Å². The van der Waals surface area contributed by atoms with Gasteiger partial charge in [-0.1, -0.05) is 17.7 Å². The molecule has 2 fully saturated rings. The summed E-state index contributed by atoms with van der Waals surface area (Å²) < 4.78 is 13.8. The van der Waals surface area contributed by atoms with Gasteiger partial charge in [0.25, 0.3) is 0 Å². The molecule has 1 aromatic carbocycles. The standard InChI is InChI=1S/C15H19ClFN/c1-18-15(12-5-10-4-11(10)6-12)7-9-2-3-13(16)8-14(9)17/h2-3,8,10-12,15,18H,4-7H2,1H3. The van der Waals surface area contributed by atoms with Gasteiger partial charge in [-0.25, -0.2) is 4.39 Å². The molecule has 3 atom stereocenters. The first-order chi connectivity index (χ1) is 8.67. The Labute approximate surface area is 113 Å². The van der Waals surface area contributed by atoms with Crippen molar-refractivity contribution in [1.29, 1.82) is 0 Å². The number of likely N-dealkylation sites (N-methyl/N-ethyl adjacent to an activating group) is 1. The molecule has 0 aliphatic heterocycles. The van der Waals surface area contributed by atoms with E-state index in [1.165, 1.54) is 25.3 Å². The lowest BCUT2D eigenvalue weighted by Gasteiger charge is -2.24. The summed E-state index contributed by atoms with van der Waals surface area (Å²) in [7, 11) is 1.99. The van der Waals surface area contributed by atoms with Gasteiger partial charge in [-0.05, 0) is 68.2 Å². The number of halogens is 2.